The Morgan fingerprint density at radius 1 is 0.302 bits per heavy atom. The molecule has 0 amide bonds. The largest absolute Gasteiger partial charge is 0.0622 e. The first-order valence-electron chi connectivity index (χ1n) is 18.7. The van der Waals surface area contributed by atoms with Crippen molar-refractivity contribution in [3.8, 4) is 77.9 Å². The lowest BCUT2D eigenvalue weighted by atomic mass is 9.81. The lowest BCUT2D eigenvalue weighted by molar-refractivity contribution is 0.660. The molecule has 0 atom stereocenters. The van der Waals surface area contributed by atoms with Crippen molar-refractivity contribution in [2.75, 3.05) is 0 Å². The van der Waals surface area contributed by atoms with E-state index >= 15 is 0 Å². The molecule has 9 aromatic carbocycles. The van der Waals surface area contributed by atoms with Gasteiger partial charge in [-0.3, -0.25) is 0 Å². The molecule has 248 valence electrons. The van der Waals surface area contributed by atoms with Crippen molar-refractivity contribution < 1.29 is 0 Å². The molecule has 11 rings (SSSR count). The molecule has 0 aliphatic heterocycles. The maximum Gasteiger partial charge on any atom is 0.0159 e. The minimum atomic E-state index is -0.00770. The van der Waals surface area contributed by atoms with E-state index in [1.807, 2.05) is 0 Å². The van der Waals surface area contributed by atoms with E-state index in [0.29, 0.717) is 0 Å². The predicted molar refractivity (Wildman–Crippen MR) is 225 cm³/mol. The summed E-state index contributed by atoms with van der Waals surface area (Å²) in [7, 11) is 0. The van der Waals surface area contributed by atoms with Crippen LogP contribution in [-0.2, 0) is 5.41 Å². The van der Waals surface area contributed by atoms with Crippen LogP contribution in [0.3, 0.4) is 0 Å². The van der Waals surface area contributed by atoms with E-state index in [9.17, 15) is 0 Å². The van der Waals surface area contributed by atoms with E-state index in [1.54, 1.807) is 0 Å². The summed E-state index contributed by atoms with van der Waals surface area (Å²) in [6.07, 6.45) is 0. The van der Waals surface area contributed by atoms with Crippen LogP contribution in [-0.4, -0.2) is 0 Å². The van der Waals surface area contributed by atoms with Gasteiger partial charge in [0, 0.05) is 5.41 Å². The topological polar surface area (TPSA) is 0 Å². The van der Waals surface area contributed by atoms with Crippen LogP contribution < -0.4 is 0 Å². The van der Waals surface area contributed by atoms with Gasteiger partial charge < -0.3 is 0 Å². The standard InChI is InChI=1S/C53H36/c1-53(2)46-21-9-8-16-40(46)41-31-30-39(32-47(41)53)35-24-22-33(23-25-35)34-26-28-38(29-27-34)50-43-18-7-6-17-42(43)49(37-12-4-3-5-13-37)51-44-19-10-14-36-15-11-20-45(48(36)44)52(50)51/h3-32H,1-2H3. The number of hydrogen-bond acceptors (Lipinski definition) is 0. The molecule has 0 heterocycles. The molecule has 0 saturated heterocycles. The van der Waals surface area contributed by atoms with Crippen LogP contribution in [0.4, 0.5) is 0 Å². The van der Waals surface area contributed by atoms with Gasteiger partial charge in [-0.15, -0.1) is 0 Å². The van der Waals surface area contributed by atoms with Crippen LogP contribution >= 0.6 is 0 Å². The number of fused-ring (bicyclic) bond motifs is 7. The smallest absolute Gasteiger partial charge is 0.0159 e. The fraction of sp³-hybridized carbons (Fsp3) is 0.0566. The van der Waals surface area contributed by atoms with Crippen molar-refractivity contribution in [2.24, 2.45) is 0 Å². The van der Waals surface area contributed by atoms with Gasteiger partial charge in [-0.05, 0) is 117 Å². The van der Waals surface area contributed by atoms with Crippen molar-refractivity contribution in [1.82, 2.24) is 0 Å². The van der Waals surface area contributed by atoms with Crippen molar-refractivity contribution >= 4 is 21.5 Å². The normalized spacial score (nSPS) is 13.2. The van der Waals surface area contributed by atoms with E-state index in [1.165, 1.54) is 111 Å². The number of hydrogen-bond donors (Lipinski definition) is 0. The van der Waals surface area contributed by atoms with Crippen LogP contribution in [0.1, 0.15) is 25.0 Å². The average molecular weight is 673 g/mol. The second-order valence-corrected chi connectivity index (χ2v) is 15.2. The molecule has 0 unspecified atom stereocenters. The molecule has 0 aromatic heterocycles. The highest BCUT2D eigenvalue weighted by molar-refractivity contribution is 6.27. The van der Waals surface area contributed by atoms with Crippen molar-refractivity contribution in [3.05, 3.63) is 193 Å². The summed E-state index contributed by atoms with van der Waals surface area (Å²) in [5.74, 6) is 0. The lowest BCUT2D eigenvalue weighted by Crippen LogP contribution is -2.14. The molecule has 0 N–H and O–H groups in total. The molecule has 0 fully saturated rings. The highest BCUT2D eigenvalue weighted by Crippen LogP contribution is 2.57. The highest BCUT2D eigenvalue weighted by atomic mass is 14.4. The number of benzene rings is 9. The van der Waals surface area contributed by atoms with E-state index in [-0.39, 0.29) is 5.41 Å². The minimum Gasteiger partial charge on any atom is -0.0622 e. The van der Waals surface area contributed by atoms with Gasteiger partial charge in [0.15, 0.2) is 0 Å². The Bertz CT molecular complexity index is 2920. The summed E-state index contributed by atoms with van der Waals surface area (Å²) < 4.78 is 0. The maximum absolute atomic E-state index is 2.41. The Labute approximate surface area is 310 Å². The van der Waals surface area contributed by atoms with E-state index < -0.39 is 0 Å². The third-order valence-electron chi connectivity index (χ3n) is 12.0. The Kier molecular flexibility index (Phi) is 6.40. The van der Waals surface area contributed by atoms with Gasteiger partial charge in [-0.2, -0.15) is 0 Å². The second-order valence-electron chi connectivity index (χ2n) is 15.2. The van der Waals surface area contributed by atoms with Crippen LogP contribution in [0, 0.1) is 0 Å². The first-order valence-corrected chi connectivity index (χ1v) is 18.7. The quantitative estimate of drug-likeness (QED) is 0.175. The van der Waals surface area contributed by atoms with E-state index in [0.717, 1.165) is 0 Å². The zero-order chi connectivity index (χ0) is 35.3. The van der Waals surface area contributed by atoms with Crippen LogP contribution in [0.25, 0.3) is 99.4 Å². The third-order valence-corrected chi connectivity index (χ3v) is 12.0. The second kappa shape index (κ2) is 11.2. The van der Waals surface area contributed by atoms with Gasteiger partial charge in [0.2, 0.25) is 0 Å². The molecule has 53 heavy (non-hydrogen) atoms. The third kappa shape index (κ3) is 4.36. The fourth-order valence-electron chi connectivity index (χ4n) is 9.51. The van der Waals surface area contributed by atoms with Gasteiger partial charge in [0.25, 0.3) is 0 Å². The number of rotatable bonds is 4. The molecule has 0 saturated carbocycles. The fourth-order valence-corrected chi connectivity index (χ4v) is 9.51. The van der Waals surface area contributed by atoms with Gasteiger partial charge in [-0.25, -0.2) is 0 Å². The first kappa shape index (κ1) is 30.2. The summed E-state index contributed by atoms with van der Waals surface area (Å²) in [6, 6.07) is 67.7. The lowest BCUT2D eigenvalue weighted by Gasteiger charge is -2.22. The van der Waals surface area contributed by atoms with E-state index in [4.69, 9.17) is 0 Å². The average Bonchev–Trinajstić information content (AvgIpc) is 3.66. The predicted octanol–water partition coefficient (Wildman–Crippen LogP) is 14.6. The van der Waals surface area contributed by atoms with Gasteiger partial charge in [0.1, 0.15) is 0 Å². The van der Waals surface area contributed by atoms with Gasteiger partial charge in [-0.1, -0.05) is 190 Å². The molecule has 0 bridgehead atoms. The summed E-state index contributed by atoms with van der Waals surface area (Å²) in [4.78, 5) is 0. The Hall–Kier alpha value is -6.50. The first-order chi connectivity index (χ1) is 26.1. The molecule has 9 aromatic rings. The zero-order valence-corrected chi connectivity index (χ0v) is 29.8. The van der Waals surface area contributed by atoms with Gasteiger partial charge >= 0.3 is 0 Å². The van der Waals surface area contributed by atoms with Crippen molar-refractivity contribution in [1.29, 1.82) is 0 Å². The summed E-state index contributed by atoms with van der Waals surface area (Å²) >= 11 is 0. The molecule has 0 heteroatoms. The minimum absolute atomic E-state index is 0.00770. The van der Waals surface area contributed by atoms with Crippen LogP contribution in [0.15, 0.2) is 182 Å². The highest BCUT2D eigenvalue weighted by Gasteiger charge is 2.35. The monoisotopic (exact) mass is 672 g/mol. The molecule has 0 radical (unpaired) electrons. The molecular formula is C53H36. The Balaban J connectivity index is 1.01. The summed E-state index contributed by atoms with van der Waals surface area (Å²) in [5, 5.41) is 5.22. The summed E-state index contributed by atoms with van der Waals surface area (Å²) in [5.41, 5.74) is 20.9. The maximum atomic E-state index is 2.41. The van der Waals surface area contributed by atoms with Crippen molar-refractivity contribution in [2.45, 2.75) is 19.3 Å². The molecular weight excluding hydrogens is 637 g/mol. The van der Waals surface area contributed by atoms with Crippen LogP contribution in [0.5, 0.6) is 0 Å². The van der Waals surface area contributed by atoms with Crippen molar-refractivity contribution in [3.63, 3.8) is 0 Å². The summed E-state index contributed by atoms with van der Waals surface area (Å²) in [6.45, 7) is 4.70. The molecule has 0 nitrogen and oxygen atoms in total. The van der Waals surface area contributed by atoms with E-state index in [2.05, 4.69) is 196 Å². The SMILES string of the molecule is CC1(C)c2ccccc2-c2ccc(-c3ccc(-c4ccc(-c5c6c(c(-c7ccccc7)c7ccccc57)-c5cccc7cccc-6c57)cc4)cc3)cc21. The Morgan fingerprint density at radius 2 is 0.755 bits per heavy atom. The molecule has 0 spiro atoms. The zero-order valence-electron chi connectivity index (χ0n) is 29.8. The molecule has 2 aliphatic rings. The van der Waals surface area contributed by atoms with Gasteiger partial charge in [0.05, 0.1) is 0 Å². The Morgan fingerprint density at radius 3 is 1.38 bits per heavy atom. The van der Waals surface area contributed by atoms with Crippen LogP contribution in [0.2, 0.25) is 0 Å². The molecule has 2 aliphatic carbocycles.